The number of halogens is 1. The van der Waals surface area contributed by atoms with Crippen LogP contribution in [-0.2, 0) is 6.42 Å². The Labute approximate surface area is 118 Å². The van der Waals surface area contributed by atoms with E-state index < -0.39 is 0 Å². The number of hydrogen-bond acceptors (Lipinski definition) is 2. The summed E-state index contributed by atoms with van der Waals surface area (Å²) in [6.45, 7) is 4.26. The lowest BCUT2D eigenvalue weighted by atomic mass is 10.1. The van der Waals surface area contributed by atoms with Crippen molar-refractivity contribution >= 4 is 17.3 Å². The third-order valence-corrected chi connectivity index (χ3v) is 3.89. The molecule has 1 aromatic carbocycles. The molecule has 3 rings (SSSR count). The van der Waals surface area contributed by atoms with Gasteiger partial charge in [-0.25, -0.2) is 0 Å². The van der Waals surface area contributed by atoms with Gasteiger partial charge in [0.05, 0.1) is 17.9 Å². The largest absolute Gasteiger partial charge is 0.376 e. The lowest BCUT2D eigenvalue weighted by Crippen LogP contribution is -2.06. The highest BCUT2D eigenvalue weighted by Crippen LogP contribution is 2.35. The van der Waals surface area contributed by atoms with Crippen LogP contribution < -0.4 is 5.32 Å². The Morgan fingerprint density at radius 2 is 2.26 bits per heavy atom. The molecule has 1 atom stereocenters. The number of nitrogens with zero attached hydrogens (tertiary/aromatic N) is 2. The number of hydrogen-bond donors (Lipinski definition) is 1. The van der Waals surface area contributed by atoms with Crippen molar-refractivity contribution in [1.82, 2.24) is 9.78 Å². The molecule has 0 bridgehead atoms. The lowest BCUT2D eigenvalue weighted by Gasteiger charge is -2.14. The van der Waals surface area contributed by atoms with Crippen molar-refractivity contribution in [2.45, 2.75) is 38.8 Å². The fraction of sp³-hybridized carbons (Fsp3) is 0.400. The summed E-state index contributed by atoms with van der Waals surface area (Å²) in [7, 11) is 0. The molecule has 1 unspecified atom stereocenters. The molecular formula is C15H18ClN3. The van der Waals surface area contributed by atoms with Crippen LogP contribution in [-0.4, -0.2) is 9.78 Å². The molecule has 2 aromatic rings. The first-order valence-corrected chi connectivity index (χ1v) is 7.10. The molecule has 0 saturated carbocycles. The van der Waals surface area contributed by atoms with E-state index in [1.807, 2.05) is 16.9 Å². The van der Waals surface area contributed by atoms with Crippen molar-refractivity contribution in [2.24, 2.45) is 0 Å². The Morgan fingerprint density at radius 3 is 3.00 bits per heavy atom. The Kier molecular flexibility index (Phi) is 3.23. The van der Waals surface area contributed by atoms with Gasteiger partial charge in [-0.3, -0.25) is 4.68 Å². The van der Waals surface area contributed by atoms with Crippen LogP contribution in [0.1, 0.15) is 43.5 Å². The second-order valence-corrected chi connectivity index (χ2v) is 5.82. The van der Waals surface area contributed by atoms with E-state index in [0.29, 0.717) is 12.1 Å². The molecule has 0 fully saturated rings. The molecule has 0 spiro atoms. The van der Waals surface area contributed by atoms with E-state index in [1.165, 1.54) is 11.1 Å². The fourth-order valence-corrected chi connectivity index (χ4v) is 2.83. The standard InChI is InChI=1S/C15H18ClN3/c1-10(2)19-9-13(8-17-19)18-15-6-3-11-7-12(16)4-5-14(11)15/h4-5,7-10,15,18H,3,6H2,1-2H3. The minimum atomic E-state index is 0.372. The average Bonchev–Trinajstić information content (AvgIpc) is 2.97. The minimum Gasteiger partial charge on any atom is -0.376 e. The average molecular weight is 276 g/mol. The zero-order valence-corrected chi connectivity index (χ0v) is 12.0. The number of rotatable bonds is 3. The Bertz CT molecular complexity index is 589. The quantitative estimate of drug-likeness (QED) is 0.909. The van der Waals surface area contributed by atoms with Gasteiger partial charge in [0.2, 0.25) is 0 Å². The monoisotopic (exact) mass is 275 g/mol. The highest BCUT2D eigenvalue weighted by atomic mass is 35.5. The molecule has 1 heterocycles. The molecule has 4 heteroatoms. The van der Waals surface area contributed by atoms with Gasteiger partial charge in [0, 0.05) is 17.3 Å². The Morgan fingerprint density at radius 1 is 1.42 bits per heavy atom. The molecule has 19 heavy (non-hydrogen) atoms. The van der Waals surface area contributed by atoms with E-state index in [1.54, 1.807) is 0 Å². The lowest BCUT2D eigenvalue weighted by molar-refractivity contribution is 0.532. The summed E-state index contributed by atoms with van der Waals surface area (Å²) >= 11 is 6.04. The molecule has 1 aliphatic rings. The molecule has 0 saturated heterocycles. The minimum absolute atomic E-state index is 0.372. The summed E-state index contributed by atoms with van der Waals surface area (Å²) in [6, 6.07) is 6.95. The zero-order valence-electron chi connectivity index (χ0n) is 11.2. The molecule has 1 aromatic heterocycles. The van der Waals surface area contributed by atoms with Crippen LogP contribution in [0.3, 0.4) is 0 Å². The van der Waals surface area contributed by atoms with Gasteiger partial charge in [-0.2, -0.15) is 5.10 Å². The van der Waals surface area contributed by atoms with E-state index in [4.69, 9.17) is 11.6 Å². The van der Waals surface area contributed by atoms with Gasteiger partial charge >= 0.3 is 0 Å². The highest BCUT2D eigenvalue weighted by Gasteiger charge is 2.22. The first-order chi connectivity index (χ1) is 9.13. The highest BCUT2D eigenvalue weighted by molar-refractivity contribution is 6.30. The summed E-state index contributed by atoms with van der Waals surface area (Å²) < 4.78 is 1.97. The van der Waals surface area contributed by atoms with E-state index in [9.17, 15) is 0 Å². The van der Waals surface area contributed by atoms with Crippen molar-refractivity contribution in [3.63, 3.8) is 0 Å². The van der Waals surface area contributed by atoms with Gasteiger partial charge in [0.1, 0.15) is 0 Å². The Hall–Kier alpha value is -1.48. The summed E-state index contributed by atoms with van der Waals surface area (Å²) in [4.78, 5) is 0. The summed E-state index contributed by atoms with van der Waals surface area (Å²) in [5.74, 6) is 0. The van der Waals surface area contributed by atoms with Crippen molar-refractivity contribution in [2.75, 3.05) is 5.32 Å². The van der Waals surface area contributed by atoms with Gasteiger partial charge in [-0.1, -0.05) is 17.7 Å². The maximum absolute atomic E-state index is 6.04. The fourth-order valence-electron chi connectivity index (χ4n) is 2.63. The topological polar surface area (TPSA) is 29.9 Å². The predicted octanol–water partition coefficient (Wildman–Crippen LogP) is 4.22. The summed E-state index contributed by atoms with van der Waals surface area (Å²) in [5.41, 5.74) is 3.81. The summed E-state index contributed by atoms with van der Waals surface area (Å²) in [6.07, 6.45) is 6.17. The molecular weight excluding hydrogens is 258 g/mol. The molecule has 0 aliphatic heterocycles. The normalized spacial score (nSPS) is 17.8. The number of benzene rings is 1. The first kappa shape index (κ1) is 12.5. The van der Waals surface area contributed by atoms with Crippen molar-refractivity contribution in [1.29, 1.82) is 0 Å². The van der Waals surface area contributed by atoms with Crippen LogP contribution in [0.25, 0.3) is 0 Å². The smallest absolute Gasteiger partial charge is 0.0731 e. The van der Waals surface area contributed by atoms with Gasteiger partial charge in [-0.15, -0.1) is 0 Å². The summed E-state index contributed by atoms with van der Waals surface area (Å²) in [5, 5.41) is 8.75. The first-order valence-electron chi connectivity index (χ1n) is 6.72. The van der Waals surface area contributed by atoms with Gasteiger partial charge in [0.25, 0.3) is 0 Å². The molecule has 1 aliphatic carbocycles. The second kappa shape index (κ2) is 4.89. The van der Waals surface area contributed by atoms with Crippen LogP contribution in [0, 0.1) is 0 Å². The van der Waals surface area contributed by atoms with Crippen LogP contribution in [0.2, 0.25) is 5.02 Å². The van der Waals surface area contributed by atoms with Crippen LogP contribution >= 0.6 is 11.6 Å². The molecule has 0 radical (unpaired) electrons. The Balaban J connectivity index is 1.78. The van der Waals surface area contributed by atoms with Gasteiger partial charge < -0.3 is 5.32 Å². The molecule has 0 amide bonds. The van der Waals surface area contributed by atoms with Gasteiger partial charge in [-0.05, 0) is 49.9 Å². The van der Waals surface area contributed by atoms with Crippen molar-refractivity contribution in [3.05, 3.63) is 46.7 Å². The maximum atomic E-state index is 6.04. The molecule has 1 N–H and O–H groups in total. The third kappa shape index (κ3) is 2.47. The third-order valence-electron chi connectivity index (χ3n) is 3.65. The van der Waals surface area contributed by atoms with Crippen LogP contribution in [0.5, 0.6) is 0 Å². The number of aromatic nitrogens is 2. The van der Waals surface area contributed by atoms with E-state index in [-0.39, 0.29) is 0 Å². The number of fused-ring (bicyclic) bond motifs is 1. The number of aryl methyl sites for hydroxylation is 1. The van der Waals surface area contributed by atoms with Crippen LogP contribution in [0.4, 0.5) is 5.69 Å². The molecule has 3 nitrogen and oxygen atoms in total. The SMILES string of the molecule is CC(C)n1cc(NC2CCc3cc(Cl)ccc32)cn1. The van der Waals surface area contributed by atoms with Crippen LogP contribution in [0.15, 0.2) is 30.6 Å². The van der Waals surface area contributed by atoms with Crippen molar-refractivity contribution in [3.8, 4) is 0 Å². The zero-order chi connectivity index (χ0) is 13.4. The number of anilines is 1. The molecule has 100 valence electrons. The van der Waals surface area contributed by atoms with E-state index in [0.717, 1.165) is 23.6 Å². The van der Waals surface area contributed by atoms with E-state index >= 15 is 0 Å². The maximum Gasteiger partial charge on any atom is 0.0731 e. The second-order valence-electron chi connectivity index (χ2n) is 5.38. The van der Waals surface area contributed by atoms with Gasteiger partial charge in [0.15, 0.2) is 0 Å². The number of nitrogens with one attached hydrogen (secondary N) is 1. The predicted molar refractivity (Wildman–Crippen MR) is 78.7 cm³/mol. The van der Waals surface area contributed by atoms with E-state index in [2.05, 4.69) is 42.6 Å². The van der Waals surface area contributed by atoms with Crippen molar-refractivity contribution < 1.29 is 0 Å².